The fraction of sp³-hybridized carbons (Fsp3) is 0.0690. The van der Waals surface area contributed by atoms with Gasteiger partial charge in [-0.15, -0.1) is 0 Å². The zero-order valence-electron chi connectivity index (χ0n) is 19.5. The molecule has 0 aliphatic rings. The number of aromatic nitrogens is 3. The Morgan fingerprint density at radius 3 is 2.67 bits per heavy atom. The molecule has 0 saturated carbocycles. The van der Waals surface area contributed by atoms with Crippen molar-refractivity contribution in [3.8, 4) is 11.1 Å². The monoisotopic (exact) mass is 473 g/mol. The molecule has 36 heavy (non-hydrogen) atoms. The van der Waals surface area contributed by atoms with Crippen LogP contribution in [0.25, 0.3) is 43.8 Å². The number of amides is 1. The Balaban J connectivity index is 1.55. The maximum Gasteiger partial charge on any atom is 0.250 e. The SMILES string of the molecule is Cc1c(Nc2ncnc3ccccc23)cccc1-c1ccc(C(N)=O)c2[nH]c3cc(CO)ccc3c12. The van der Waals surface area contributed by atoms with Crippen LogP contribution in [-0.4, -0.2) is 26.0 Å². The molecule has 0 bridgehead atoms. The molecule has 2 aromatic heterocycles. The van der Waals surface area contributed by atoms with Gasteiger partial charge in [0.25, 0.3) is 5.91 Å². The Kier molecular flexibility index (Phi) is 5.13. The third-order valence-corrected chi connectivity index (χ3v) is 6.69. The number of nitrogens with two attached hydrogens (primary N) is 1. The quantitative estimate of drug-likeness (QED) is 0.261. The maximum atomic E-state index is 12.2. The molecule has 5 N–H and O–H groups in total. The van der Waals surface area contributed by atoms with Crippen molar-refractivity contribution >= 4 is 50.1 Å². The Bertz CT molecular complexity index is 1800. The van der Waals surface area contributed by atoms with Crippen molar-refractivity contribution in [2.75, 3.05) is 5.32 Å². The number of fused-ring (bicyclic) bond motifs is 4. The number of nitrogens with zero attached hydrogens (tertiary/aromatic N) is 2. The van der Waals surface area contributed by atoms with E-state index < -0.39 is 5.91 Å². The fourth-order valence-corrected chi connectivity index (χ4v) is 4.88. The third-order valence-electron chi connectivity index (χ3n) is 6.69. The van der Waals surface area contributed by atoms with Crippen molar-refractivity contribution in [1.82, 2.24) is 15.0 Å². The molecule has 0 aliphatic heterocycles. The van der Waals surface area contributed by atoms with Crippen LogP contribution in [0.15, 0.2) is 79.1 Å². The molecule has 176 valence electrons. The molecule has 1 amide bonds. The summed E-state index contributed by atoms with van der Waals surface area (Å²) >= 11 is 0. The smallest absolute Gasteiger partial charge is 0.250 e. The lowest BCUT2D eigenvalue weighted by atomic mass is 9.93. The Labute approximate surface area is 206 Å². The number of nitrogens with one attached hydrogen (secondary N) is 2. The first-order valence-electron chi connectivity index (χ1n) is 11.6. The number of hydrogen-bond donors (Lipinski definition) is 4. The average Bonchev–Trinajstić information content (AvgIpc) is 3.28. The highest BCUT2D eigenvalue weighted by atomic mass is 16.3. The second-order valence-corrected chi connectivity index (χ2v) is 8.78. The minimum absolute atomic E-state index is 0.0641. The van der Waals surface area contributed by atoms with Crippen molar-refractivity contribution in [2.45, 2.75) is 13.5 Å². The lowest BCUT2D eigenvalue weighted by Crippen LogP contribution is -2.11. The summed E-state index contributed by atoms with van der Waals surface area (Å²) in [5.41, 5.74) is 13.3. The van der Waals surface area contributed by atoms with Gasteiger partial charge in [0.2, 0.25) is 0 Å². The Morgan fingerprint density at radius 2 is 1.83 bits per heavy atom. The number of aromatic amines is 1. The second-order valence-electron chi connectivity index (χ2n) is 8.78. The van der Waals surface area contributed by atoms with Gasteiger partial charge in [0, 0.05) is 27.4 Å². The lowest BCUT2D eigenvalue weighted by molar-refractivity contribution is 0.100. The molecule has 6 rings (SSSR count). The molecular formula is C29H23N5O2. The van der Waals surface area contributed by atoms with Gasteiger partial charge in [-0.05, 0) is 59.5 Å². The number of anilines is 2. The van der Waals surface area contributed by atoms with E-state index >= 15 is 0 Å². The van der Waals surface area contributed by atoms with E-state index in [1.54, 1.807) is 12.4 Å². The van der Waals surface area contributed by atoms with E-state index in [-0.39, 0.29) is 6.61 Å². The summed E-state index contributed by atoms with van der Waals surface area (Å²) in [6.45, 7) is 2.00. The maximum absolute atomic E-state index is 12.2. The van der Waals surface area contributed by atoms with Crippen LogP contribution >= 0.6 is 0 Å². The summed E-state index contributed by atoms with van der Waals surface area (Å²) in [5, 5.41) is 15.9. The van der Waals surface area contributed by atoms with E-state index in [9.17, 15) is 9.90 Å². The van der Waals surface area contributed by atoms with Gasteiger partial charge in [-0.1, -0.05) is 42.5 Å². The van der Waals surface area contributed by atoms with Gasteiger partial charge in [-0.2, -0.15) is 0 Å². The predicted molar refractivity (Wildman–Crippen MR) is 143 cm³/mol. The second kappa shape index (κ2) is 8.48. The number of aliphatic hydroxyl groups is 1. The first-order chi connectivity index (χ1) is 17.5. The molecule has 2 heterocycles. The molecule has 6 aromatic rings. The number of H-pyrrole nitrogens is 1. The largest absolute Gasteiger partial charge is 0.392 e. The van der Waals surface area contributed by atoms with Gasteiger partial charge in [-0.25, -0.2) is 9.97 Å². The van der Waals surface area contributed by atoms with Crippen molar-refractivity contribution in [2.24, 2.45) is 5.73 Å². The molecule has 0 spiro atoms. The molecule has 0 aliphatic carbocycles. The van der Waals surface area contributed by atoms with Crippen molar-refractivity contribution in [1.29, 1.82) is 0 Å². The standard InChI is InChI=1S/C29H23N5O2/c1-16-18(6-4-8-23(16)34-29-21-5-2-3-7-24(21)31-15-32-29)19-11-12-22(28(30)36)27-26(19)20-10-9-17(14-35)13-25(20)33-27/h2-13,15,33,35H,14H2,1H3,(H2,30,36)(H,31,32,34). The zero-order valence-corrected chi connectivity index (χ0v) is 19.5. The van der Waals surface area contributed by atoms with Crippen molar-refractivity contribution in [3.63, 3.8) is 0 Å². The summed E-state index contributed by atoms with van der Waals surface area (Å²) in [5.74, 6) is 0.238. The van der Waals surface area contributed by atoms with E-state index in [1.165, 1.54) is 0 Å². The van der Waals surface area contributed by atoms with Crippen molar-refractivity contribution in [3.05, 3.63) is 95.8 Å². The van der Waals surface area contributed by atoms with Gasteiger partial charge in [-0.3, -0.25) is 4.79 Å². The average molecular weight is 474 g/mol. The van der Waals surface area contributed by atoms with Gasteiger partial charge in [0.1, 0.15) is 12.1 Å². The molecule has 0 saturated heterocycles. The van der Waals surface area contributed by atoms with Crippen LogP contribution in [0.3, 0.4) is 0 Å². The highest BCUT2D eigenvalue weighted by Gasteiger charge is 2.18. The van der Waals surface area contributed by atoms with E-state index in [0.29, 0.717) is 11.1 Å². The highest BCUT2D eigenvalue weighted by molar-refractivity contribution is 6.20. The van der Waals surface area contributed by atoms with Crippen molar-refractivity contribution < 1.29 is 9.90 Å². The molecule has 0 radical (unpaired) electrons. The van der Waals surface area contributed by atoms with Crippen LogP contribution in [-0.2, 0) is 6.61 Å². The molecule has 7 nitrogen and oxygen atoms in total. The number of carbonyl (C=O) groups excluding carboxylic acids is 1. The van der Waals surface area contributed by atoms with Gasteiger partial charge in [0.15, 0.2) is 0 Å². The van der Waals surface area contributed by atoms with Crippen LogP contribution in [0.4, 0.5) is 11.5 Å². The van der Waals surface area contributed by atoms with E-state index in [2.05, 4.69) is 33.3 Å². The Hall–Kier alpha value is -4.75. The fourth-order valence-electron chi connectivity index (χ4n) is 4.88. The van der Waals surface area contributed by atoms with Crippen LogP contribution in [0, 0.1) is 6.92 Å². The number of hydrogen-bond acceptors (Lipinski definition) is 5. The number of aliphatic hydroxyl groups excluding tert-OH is 1. The summed E-state index contributed by atoms with van der Waals surface area (Å²) in [6.07, 6.45) is 1.56. The Morgan fingerprint density at radius 1 is 0.972 bits per heavy atom. The van der Waals surface area contributed by atoms with Crippen LogP contribution in [0.1, 0.15) is 21.5 Å². The topological polar surface area (TPSA) is 117 Å². The molecule has 0 unspecified atom stereocenters. The summed E-state index contributed by atoms with van der Waals surface area (Å²) in [6, 6.07) is 23.4. The summed E-state index contributed by atoms with van der Waals surface area (Å²) in [7, 11) is 0. The van der Waals surface area contributed by atoms with Crippen LogP contribution in [0.5, 0.6) is 0 Å². The number of para-hydroxylation sites is 1. The zero-order chi connectivity index (χ0) is 24.8. The van der Waals surface area contributed by atoms with E-state index in [1.807, 2.05) is 60.7 Å². The molecule has 4 aromatic carbocycles. The lowest BCUT2D eigenvalue weighted by Gasteiger charge is -2.15. The third kappa shape index (κ3) is 3.45. The van der Waals surface area contributed by atoms with Gasteiger partial charge < -0.3 is 21.1 Å². The highest BCUT2D eigenvalue weighted by Crippen LogP contribution is 2.40. The summed E-state index contributed by atoms with van der Waals surface area (Å²) < 4.78 is 0. The van der Waals surface area contributed by atoms with E-state index in [0.717, 1.165) is 61.0 Å². The van der Waals surface area contributed by atoms with Gasteiger partial charge >= 0.3 is 0 Å². The minimum atomic E-state index is -0.497. The van der Waals surface area contributed by atoms with E-state index in [4.69, 9.17) is 5.73 Å². The summed E-state index contributed by atoms with van der Waals surface area (Å²) in [4.78, 5) is 24.4. The minimum Gasteiger partial charge on any atom is -0.392 e. The van der Waals surface area contributed by atoms with Crippen LogP contribution in [0.2, 0.25) is 0 Å². The molecular weight excluding hydrogens is 450 g/mol. The number of rotatable bonds is 5. The van der Waals surface area contributed by atoms with Gasteiger partial charge in [0.05, 0.1) is 23.2 Å². The van der Waals surface area contributed by atoms with Crippen LogP contribution < -0.4 is 11.1 Å². The first-order valence-corrected chi connectivity index (χ1v) is 11.6. The molecule has 7 heteroatoms. The molecule has 0 atom stereocenters. The molecule has 0 fully saturated rings. The number of benzene rings is 4. The first kappa shape index (κ1) is 21.8. The normalized spacial score (nSPS) is 11.4. The number of primary amides is 1. The predicted octanol–water partition coefficient (Wildman–Crippen LogP) is 5.57. The number of carbonyl (C=O) groups is 1.